The van der Waals surface area contributed by atoms with E-state index in [9.17, 15) is 14.9 Å². The lowest BCUT2D eigenvalue weighted by Gasteiger charge is -2.31. The third-order valence-corrected chi connectivity index (χ3v) is 3.98. The third-order valence-electron chi connectivity index (χ3n) is 3.98. The van der Waals surface area contributed by atoms with E-state index in [-0.39, 0.29) is 17.5 Å². The molecular weight excluding hydrogens is 244 g/mol. The molecule has 0 bridgehead atoms. The molecular formula is C14H18N2O3. The van der Waals surface area contributed by atoms with Crippen LogP contribution < -0.4 is 5.32 Å². The van der Waals surface area contributed by atoms with Crippen molar-refractivity contribution in [2.75, 3.05) is 5.32 Å². The summed E-state index contributed by atoms with van der Waals surface area (Å²) in [6.45, 7) is 6.00. The first kappa shape index (κ1) is 13.5. The molecule has 1 unspecified atom stereocenters. The van der Waals surface area contributed by atoms with Crippen molar-refractivity contribution < 1.29 is 9.72 Å². The van der Waals surface area contributed by atoms with Crippen molar-refractivity contribution in [2.45, 2.75) is 39.0 Å². The van der Waals surface area contributed by atoms with Gasteiger partial charge in [-0.1, -0.05) is 27.2 Å². The van der Waals surface area contributed by atoms with Crippen molar-refractivity contribution in [1.82, 2.24) is 0 Å². The minimum atomic E-state index is -0.643. The van der Waals surface area contributed by atoms with Gasteiger partial charge in [-0.05, 0) is 24.0 Å². The second-order valence-corrected chi connectivity index (χ2v) is 5.32. The summed E-state index contributed by atoms with van der Waals surface area (Å²) in [7, 11) is 0. The highest BCUT2D eigenvalue weighted by Gasteiger charge is 2.48. The van der Waals surface area contributed by atoms with Crippen LogP contribution in [-0.4, -0.2) is 10.8 Å². The van der Waals surface area contributed by atoms with Gasteiger partial charge in [0.15, 0.2) is 0 Å². The number of fused-ring (bicyclic) bond motifs is 1. The number of nitro groups is 1. The first-order chi connectivity index (χ1) is 8.93. The molecule has 0 aromatic heterocycles. The molecule has 0 spiro atoms. The van der Waals surface area contributed by atoms with E-state index in [0.29, 0.717) is 12.1 Å². The predicted molar refractivity (Wildman–Crippen MR) is 73.2 cm³/mol. The smallest absolute Gasteiger partial charge is 0.269 e. The molecule has 1 amide bonds. The zero-order chi connectivity index (χ0) is 14.2. The molecule has 1 aromatic rings. The molecule has 1 aliphatic rings. The maximum absolute atomic E-state index is 12.4. The number of anilines is 1. The maximum atomic E-state index is 12.4. The minimum Gasteiger partial charge on any atom is -0.325 e. The van der Waals surface area contributed by atoms with E-state index in [2.05, 4.69) is 5.32 Å². The molecule has 0 saturated heterocycles. The van der Waals surface area contributed by atoms with Crippen molar-refractivity contribution in [3.63, 3.8) is 0 Å². The predicted octanol–water partition coefficient (Wildman–Crippen LogP) is 3.24. The first-order valence-corrected chi connectivity index (χ1v) is 6.53. The van der Waals surface area contributed by atoms with Crippen molar-refractivity contribution in [2.24, 2.45) is 5.92 Å². The van der Waals surface area contributed by atoms with E-state index in [1.54, 1.807) is 12.1 Å². The summed E-state index contributed by atoms with van der Waals surface area (Å²) >= 11 is 0. The summed E-state index contributed by atoms with van der Waals surface area (Å²) in [6.07, 6.45) is 1.55. The van der Waals surface area contributed by atoms with E-state index in [0.717, 1.165) is 12.0 Å². The minimum absolute atomic E-state index is 0.0383. The number of hydrogen-bond acceptors (Lipinski definition) is 3. The van der Waals surface area contributed by atoms with Gasteiger partial charge in [0.1, 0.15) is 0 Å². The summed E-state index contributed by atoms with van der Waals surface area (Å²) in [5.74, 6) is 0.0514. The van der Waals surface area contributed by atoms with Gasteiger partial charge in [-0.3, -0.25) is 14.9 Å². The van der Waals surface area contributed by atoms with E-state index >= 15 is 0 Å². The lowest BCUT2D eigenvalue weighted by atomic mass is 9.69. The van der Waals surface area contributed by atoms with Crippen LogP contribution >= 0.6 is 0 Å². The van der Waals surface area contributed by atoms with Gasteiger partial charge in [0, 0.05) is 17.8 Å². The average Bonchev–Trinajstić information content (AvgIpc) is 2.63. The van der Waals surface area contributed by atoms with Crippen LogP contribution in [0.5, 0.6) is 0 Å². The van der Waals surface area contributed by atoms with Crippen LogP contribution in [0.4, 0.5) is 11.4 Å². The summed E-state index contributed by atoms with van der Waals surface area (Å²) in [4.78, 5) is 22.9. The lowest BCUT2D eigenvalue weighted by molar-refractivity contribution is -0.384. The molecule has 5 heteroatoms. The fourth-order valence-corrected chi connectivity index (χ4v) is 2.98. The number of amides is 1. The van der Waals surface area contributed by atoms with Gasteiger partial charge in [-0.25, -0.2) is 0 Å². The molecule has 1 atom stereocenters. The van der Waals surface area contributed by atoms with Gasteiger partial charge in [0.25, 0.3) is 5.69 Å². The van der Waals surface area contributed by atoms with Gasteiger partial charge in [-0.2, -0.15) is 0 Å². The molecule has 0 aliphatic carbocycles. The molecule has 0 fully saturated rings. The number of rotatable bonds is 4. The molecule has 2 rings (SSSR count). The van der Waals surface area contributed by atoms with Crippen molar-refractivity contribution in [3.8, 4) is 0 Å². The van der Waals surface area contributed by atoms with Gasteiger partial charge in [0.05, 0.1) is 10.3 Å². The number of non-ortho nitro benzene ring substituents is 1. The average molecular weight is 262 g/mol. The third kappa shape index (κ3) is 1.89. The quantitative estimate of drug-likeness (QED) is 0.668. The largest absolute Gasteiger partial charge is 0.325 e. The standard InChI is InChI=1S/C14H18N2O3/c1-4-7-14(9(2)3)11-8-10(16(18)19)5-6-12(11)15-13(14)17/h5-6,8-9H,4,7H2,1-3H3,(H,15,17). The lowest BCUT2D eigenvalue weighted by Crippen LogP contribution is -2.39. The van der Waals surface area contributed by atoms with Crippen LogP contribution in [0.3, 0.4) is 0 Å². The van der Waals surface area contributed by atoms with Crippen LogP contribution in [0.15, 0.2) is 18.2 Å². The highest BCUT2D eigenvalue weighted by Crippen LogP contribution is 2.47. The van der Waals surface area contributed by atoms with Crippen LogP contribution in [0, 0.1) is 16.0 Å². The van der Waals surface area contributed by atoms with Gasteiger partial charge >= 0.3 is 0 Å². The summed E-state index contributed by atoms with van der Waals surface area (Å²) < 4.78 is 0. The van der Waals surface area contributed by atoms with Crippen LogP contribution in [0.1, 0.15) is 39.2 Å². The summed E-state index contributed by atoms with van der Waals surface area (Å²) in [5.41, 5.74) is 0.869. The number of benzene rings is 1. The molecule has 102 valence electrons. The molecule has 1 heterocycles. The first-order valence-electron chi connectivity index (χ1n) is 6.53. The van der Waals surface area contributed by atoms with Crippen molar-refractivity contribution >= 4 is 17.3 Å². The molecule has 1 aliphatic heterocycles. The zero-order valence-corrected chi connectivity index (χ0v) is 11.4. The fraction of sp³-hybridized carbons (Fsp3) is 0.500. The molecule has 19 heavy (non-hydrogen) atoms. The Morgan fingerprint density at radius 2 is 2.11 bits per heavy atom. The number of carbonyl (C=O) groups is 1. The Hall–Kier alpha value is -1.91. The SMILES string of the molecule is CCCC1(C(C)C)C(=O)Nc2ccc([N+](=O)[O-])cc21. The highest BCUT2D eigenvalue weighted by atomic mass is 16.6. The van der Waals surface area contributed by atoms with Crippen LogP contribution in [-0.2, 0) is 10.2 Å². The number of carbonyl (C=O) groups excluding carboxylic acids is 1. The fourth-order valence-electron chi connectivity index (χ4n) is 2.98. The number of nitrogens with one attached hydrogen (secondary N) is 1. The monoisotopic (exact) mass is 262 g/mol. The Morgan fingerprint density at radius 1 is 1.42 bits per heavy atom. The molecule has 0 saturated carbocycles. The van der Waals surface area contributed by atoms with Crippen molar-refractivity contribution in [3.05, 3.63) is 33.9 Å². The number of nitrogens with zero attached hydrogens (tertiary/aromatic N) is 1. The number of nitro benzene ring substituents is 1. The van der Waals surface area contributed by atoms with Gasteiger partial charge < -0.3 is 5.32 Å². The normalized spacial score (nSPS) is 21.4. The molecule has 0 radical (unpaired) electrons. The second kappa shape index (κ2) is 4.64. The van der Waals surface area contributed by atoms with Crippen LogP contribution in [0.2, 0.25) is 0 Å². The summed E-state index contributed by atoms with van der Waals surface area (Å²) in [5, 5.41) is 13.8. The van der Waals surface area contributed by atoms with E-state index < -0.39 is 10.3 Å². The second-order valence-electron chi connectivity index (χ2n) is 5.32. The Labute approximate surface area is 112 Å². The van der Waals surface area contributed by atoms with Crippen molar-refractivity contribution in [1.29, 1.82) is 0 Å². The highest BCUT2D eigenvalue weighted by molar-refractivity contribution is 6.06. The molecule has 1 N–H and O–H groups in total. The van der Waals surface area contributed by atoms with E-state index in [1.807, 2.05) is 20.8 Å². The van der Waals surface area contributed by atoms with E-state index in [4.69, 9.17) is 0 Å². The summed E-state index contributed by atoms with van der Waals surface area (Å²) in [6, 6.07) is 4.61. The maximum Gasteiger partial charge on any atom is 0.269 e. The zero-order valence-electron chi connectivity index (χ0n) is 11.4. The molecule has 1 aromatic carbocycles. The van der Waals surface area contributed by atoms with Gasteiger partial charge in [-0.15, -0.1) is 0 Å². The number of hydrogen-bond donors (Lipinski definition) is 1. The topological polar surface area (TPSA) is 72.2 Å². The Morgan fingerprint density at radius 3 is 2.63 bits per heavy atom. The Bertz CT molecular complexity index is 539. The Kier molecular flexibility index (Phi) is 3.30. The van der Waals surface area contributed by atoms with Crippen LogP contribution in [0.25, 0.3) is 0 Å². The molecule has 5 nitrogen and oxygen atoms in total. The Balaban J connectivity index is 2.63. The van der Waals surface area contributed by atoms with E-state index in [1.165, 1.54) is 6.07 Å². The van der Waals surface area contributed by atoms with Gasteiger partial charge in [0.2, 0.25) is 5.91 Å².